The Kier molecular flexibility index (Phi) is 8.78. The molecule has 1 aliphatic rings. The third-order valence-electron chi connectivity index (χ3n) is 4.93. The number of halogens is 2. The van der Waals surface area contributed by atoms with Crippen molar-refractivity contribution in [2.45, 2.75) is 46.4 Å². The van der Waals surface area contributed by atoms with Gasteiger partial charge in [-0.05, 0) is 89.0 Å². The van der Waals surface area contributed by atoms with Gasteiger partial charge in [0.05, 0.1) is 28.8 Å². The summed E-state index contributed by atoms with van der Waals surface area (Å²) < 4.78 is 13.4. The van der Waals surface area contributed by atoms with Gasteiger partial charge >= 0.3 is 0 Å². The summed E-state index contributed by atoms with van der Waals surface area (Å²) in [5, 5.41) is 9.79. The van der Waals surface area contributed by atoms with Gasteiger partial charge in [-0.15, -0.1) is 0 Å². The number of nitrogens with one attached hydrogen (secondary N) is 3. The molecular formula is C24H27Br2N3O3S. The molecule has 0 aliphatic carbocycles. The van der Waals surface area contributed by atoms with E-state index >= 15 is 0 Å². The van der Waals surface area contributed by atoms with Crippen LogP contribution in [0.3, 0.4) is 0 Å². The van der Waals surface area contributed by atoms with E-state index in [0.29, 0.717) is 45.5 Å². The summed E-state index contributed by atoms with van der Waals surface area (Å²) in [5.74, 6) is 1.01. The van der Waals surface area contributed by atoms with Crippen molar-refractivity contribution in [2.24, 2.45) is 0 Å². The first-order valence-electron chi connectivity index (χ1n) is 10.6. The van der Waals surface area contributed by atoms with Crippen LogP contribution < -0.4 is 25.4 Å². The molecule has 0 saturated heterocycles. The van der Waals surface area contributed by atoms with Crippen molar-refractivity contribution in [1.29, 1.82) is 0 Å². The standard InChI is InChI=1S/C24H27Br2N3O3S/c1-5-31-17-11-16(19(25)20(26)22(17)32-13(2)3)21-18(14(4)28-24(33)29-21)23(30)27-12-15-9-7-6-8-10-15/h6-11,13,21H,5,12H2,1-4H3,(H,27,30)(H2,28,29,33)/t21-/m1/s1. The molecule has 3 rings (SSSR count). The van der Waals surface area contributed by atoms with Gasteiger partial charge in [0, 0.05) is 16.7 Å². The number of thiocarbonyl (C=S) groups is 1. The normalized spacial score (nSPS) is 15.7. The van der Waals surface area contributed by atoms with Crippen molar-refractivity contribution in [3.8, 4) is 11.5 Å². The average Bonchev–Trinajstić information content (AvgIpc) is 2.77. The summed E-state index contributed by atoms with van der Waals surface area (Å²) in [7, 11) is 0. The zero-order chi connectivity index (χ0) is 24.1. The van der Waals surface area contributed by atoms with Crippen LogP contribution in [0.4, 0.5) is 0 Å². The van der Waals surface area contributed by atoms with Crippen molar-refractivity contribution < 1.29 is 14.3 Å². The summed E-state index contributed by atoms with van der Waals surface area (Å²) in [6, 6.07) is 11.2. The van der Waals surface area contributed by atoms with E-state index in [4.69, 9.17) is 21.7 Å². The Balaban J connectivity index is 2.02. The van der Waals surface area contributed by atoms with Crippen molar-refractivity contribution in [3.63, 3.8) is 0 Å². The van der Waals surface area contributed by atoms with E-state index in [1.807, 2.05) is 64.1 Å². The largest absolute Gasteiger partial charge is 0.490 e. The zero-order valence-corrected chi connectivity index (χ0v) is 22.9. The van der Waals surface area contributed by atoms with Gasteiger partial charge in [0.1, 0.15) is 0 Å². The van der Waals surface area contributed by atoms with Crippen molar-refractivity contribution >= 4 is 55.1 Å². The van der Waals surface area contributed by atoms with Gasteiger partial charge < -0.3 is 25.4 Å². The van der Waals surface area contributed by atoms with Crippen LogP contribution in [-0.2, 0) is 11.3 Å². The third kappa shape index (κ3) is 6.07. The molecule has 3 N–H and O–H groups in total. The fourth-order valence-electron chi connectivity index (χ4n) is 3.52. The van der Waals surface area contributed by atoms with Crippen LogP contribution in [0.2, 0.25) is 0 Å². The smallest absolute Gasteiger partial charge is 0.251 e. The SMILES string of the molecule is CCOc1cc([C@H]2NC(=S)NC(C)=C2C(=O)NCc2ccccc2)c(Br)c(Br)c1OC(C)C. The Morgan fingerprint density at radius 3 is 2.55 bits per heavy atom. The highest BCUT2D eigenvalue weighted by Gasteiger charge is 2.33. The second-order valence-electron chi connectivity index (χ2n) is 7.76. The Bertz CT molecular complexity index is 1070. The minimum Gasteiger partial charge on any atom is -0.490 e. The molecular weight excluding hydrogens is 570 g/mol. The number of carbonyl (C=O) groups is 1. The van der Waals surface area contributed by atoms with Gasteiger partial charge in [-0.2, -0.15) is 0 Å². The summed E-state index contributed by atoms with van der Waals surface area (Å²) in [6.45, 7) is 8.57. The van der Waals surface area contributed by atoms with E-state index in [-0.39, 0.29) is 12.0 Å². The topological polar surface area (TPSA) is 71.6 Å². The van der Waals surface area contributed by atoms with Crippen LogP contribution in [0.15, 0.2) is 56.6 Å². The van der Waals surface area contributed by atoms with Gasteiger partial charge in [0.2, 0.25) is 0 Å². The number of carbonyl (C=O) groups excluding carboxylic acids is 1. The van der Waals surface area contributed by atoms with E-state index in [2.05, 4.69) is 47.8 Å². The van der Waals surface area contributed by atoms with Gasteiger partial charge in [-0.25, -0.2) is 0 Å². The molecule has 1 aliphatic heterocycles. The second-order valence-corrected chi connectivity index (χ2v) is 9.75. The fourth-order valence-corrected chi connectivity index (χ4v) is 4.84. The third-order valence-corrected chi connectivity index (χ3v) is 7.29. The lowest BCUT2D eigenvalue weighted by Gasteiger charge is -2.32. The molecule has 0 radical (unpaired) electrons. The molecule has 0 fully saturated rings. The first-order chi connectivity index (χ1) is 15.7. The van der Waals surface area contributed by atoms with Crippen molar-refractivity contribution in [1.82, 2.24) is 16.0 Å². The fraction of sp³-hybridized carbons (Fsp3) is 0.333. The lowest BCUT2D eigenvalue weighted by atomic mass is 9.94. The first kappa shape index (κ1) is 25.5. The van der Waals surface area contributed by atoms with Crippen LogP contribution in [0.5, 0.6) is 11.5 Å². The van der Waals surface area contributed by atoms with Crippen LogP contribution in [-0.4, -0.2) is 23.7 Å². The second kappa shape index (κ2) is 11.4. The molecule has 0 bridgehead atoms. The Morgan fingerprint density at radius 2 is 1.91 bits per heavy atom. The lowest BCUT2D eigenvalue weighted by molar-refractivity contribution is -0.118. The number of allylic oxidation sites excluding steroid dienone is 1. The van der Waals surface area contributed by atoms with E-state index in [1.54, 1.807) is 0 Å². The maximum absolute atomic E-state index is 13.3. The minimum atomic E-state index is -0.493. The molecule has 2 aromatic rings. The van der Waals surface area contributed by atoms with Crippen molar-refractivity contribution in [2.75, 3.05) is 6.61 Å². The first-order valence-corrected chi connectivity index (χ1v) is 12.6. The molecule has 1 atom stereocenters. The van der Waals surface area contributed by atoms with Gasteiger partial charge in [-0.1, -0.05) is 30.3 Å². The number of hydrogen-bond acceptors (Lipinski definition) is 4. The minimum absolute atomic E-state index is 0.0377. The lowest BCUT2D eigenvalue weighted by Crippen LogP contribution is -2.46. The summed E-state index contributed by atoms with van der Waals surface area (Å²) in [5.41, 5.74) is 3.06. The Hall–Kier alpha value is -2.10. The van der Waals surface area contributed by atoms with Gasteiger partial charge in [-0.3, -0.25) is 4.79 Å². The maximum atomic E-state index is 13.3. The average molecular weight is 597 g/mol. The molecule has 0 spiro atoms. The Morgan fingerprint density at radius 1 is 1.21 bits per heavy atom. The molecule has 0 unspecified atom stereocenters. The monoisotopic (exact) mass is 595 g/mol. The molecule has 0 saturated carbocycles. The zero-order valence-electron chi connectivity index (χ0n) is 18.9. The van der Waals surface area contributed by atoms with E-state index in [9.17, 15) is 4.79 Å². The molecule has 1 heterocycles. The van der Waals surface area contributed by atoms with E-state index in [1.165, 1.54) is 0 Å². The predicted octanol–water partition coefficient (Wildman–Crippen LogP) is 5.51. The quantitative estimate of drug-likeness (QED) is 0.349. The molecule has 1 amide bonds. The maximum Gasteiger partial charge on any atom is 0.251 e. The highest BCUT2D eigenvalue weighted by Crippen LogP contribution is 2.46. The molecule has 2 aromatic carbocycles. The van der Waals surface area contributed by atoms with Crippen LogP contribution in [0, 0.1) is 0 Å². The van der Waals surface area contributed by atoms with Crippen LogP contribution >= 0.6 is 44.1 Å². The van der Waals surface area contributed by atoms with Gasteiger partial charge in [0.15, 0.2) is 16.6 Å². The molecule has 33 heavy (non-hydrogen) atoms. The Labute approximate surface area is 216 Å². The summed E-state index contributed by atoms with van der Waals surface area (Å²) >= 11 is 12.8. The highest BCUT2D eigenvalue weighted by atomic mass is 79.9. The number of benzene rings is 2. The van der Waals surface area contributed by atoms with Crippen LogP contribution in [0.25, 0.3) is 0 Å². The van der Waals surface area contributed by atoms with Gasteiger partial charge in [0.25, 0.3) is 5.91 Å². The number of rotatable bonds is 8. The molecule has 176 valence electrons. The van der Waals surface area contributed by atoms with Crippen LogP contribution in [0.1, 0.15) is 44.9 Å². The summed E-state index contributed by atoms with van der Waals surface area (Å²) in [6.07, 6.45) is -0.0377. The van der Waals surface area contributed by atoms with Crippen molar-refractivity contribution in [3.05, 3.63) is 67.7 Å². The molecule has 9 heteroatoms. The molecule has 0 aromatic heterocycles. The highest BCUT2D eigenvalue weighted by molar-refractivity contribution is 9.13. The van der Waals surface area contributed by atoms with E-state index in [0.717, 1.165) is 15.6 Å². The van der Waals surface area contributed by atoms with E-state index < -0.39 is 6.04 Å². The number of amides is 1. The molecule has 6 nitrogen and oxygen atoms in total. The summed E-state index contributed by atoms with van der Waals surface area (Å²) in [4.78, 5) is 13.3. The number of ether oxygens (including phenoxy) is 2. The number of hydrogen-bond donors (Lipinski definition) is 3. The predicted molar refractivity (Wildman–Crippen MR) is 141 cm³/mol.